The number of furan rings is 1. The van der Waals surface area contributed by atoms with E-state index in [0.29, 0.717) is 34.2 Å². The molecule has 0 fully saturated rings. The molecule has 0 bridgehead atoms. The fourth-order valence-corrected chi connectivity index (χ4v) is 7.13. The van der Waals surface area contributed by atoms with Crippen molar-refractivity contribution in [2.75, 3.05) is 0 Å². The van der Waals surface area contributed by atoms with Crippen LogP contribution >= 0.6 is 0 Å². The van der Waals surface area contributed by atoms with Crippen LogP contribution in [-0.4, -0.2) is 15.0 Å². The summed E-state index contributed by atoms with van der Waals surface area (Å²) in [6.45, 7) is 0. The van der Waals surface area contributed by atoms with Gasteiger partial charge in [0.2, 0.25) is 0 Å². The van der Waals surface area contributed by atoms with Gasteiger partial charge in [0.1, 0.15) is 11.2 Å². The summed E-state index contributed by atoms with van der Waals surface area (Å²) in [4.78, 5) is 15.3. The molecule has 0 unspecified atom stereocenters. The van der Waals surface area contributed by atoms with Gasteiger partial charge < -0.3 is 4.42 Å². The van der Waals surface area contributed by atoms with E-state index in [2.05, 4.69) is 48.5 Å². The van der Waals surface area contributed by atoms with Gasteiger partial charge in [-0.3, -0.25) is 0 Å². The monoisotopic (exact) mass is 682 g/mol. The molecule has 53 heavy (non-hydrogen) atoms. The van der Waals surface area contributed by atoms with Crippen LogP contribution in [0.3, 0.4) is 0 Å². The Morgan fingerprint density at radius 3 is 1.83 bits per heavy atom. The van der Waals surface area contributed by atoms with E-state index in [1.807, 2.05) is 103 Å². The molecule has 4 heteroatoms. The minimum Gasteiger partial charge on any atom is -0.456 e. The Kier molecular flexibility index (Phi) is 6.24. The molecule has 4 nitrogen and oxygen atoms in total. The molecular formula is C49H31N3O. The molecule has 248 valence electrons. The van der Waals surface area contributed by atoms with Crippen molar-refractivity contribution in [3.8, 4) is 67.5 Å². The molecule has 0 atom stereocenters. The Balaban J connectivity index is 1.19. The Hall–Kier alpha value is -7.17. The van der Waals surface area contributed by atoms with Crippen LogP contribution in [0.1, 0.15) is 6.85 Å². The highest BCUT2D eigenvalue weighted by molar-refractivity contribution is 6.11. The molecule has 2 aromatic heterocycles. The van der Waals surface area contributed by atoms with Crippen molar-refractivity contribution in [3.63, 3.8) is 0 Å². The minimum absolute atomic E-state index is 0.123. The third-order valence-corrected chi connectivity index (χ3v) is 9.65. The van der Waals surface area contributed by atoms with Crippen LogP contribution in [-0.2, 0) is 0 Å². The van der Waals surface area contributed by atoms with Gasteiger partial charge in [0.25, 0.3) is 0 Å². The highest BCUT2D eigenvalue weighted by atomic mass is 16.3. The van der Waals surface area contributed by atoms with Crippen molar-refractivity contribution in [1.29, 1.82) is 0 Å². The molecule has 2 heterocycles. The summed E-state index contributed by atoms with van der Waals surface area (Å²) in [5.74, 6) is 1.35. The third-order valence-electron chi connectivity index (χ3n) is 9.65. The van der Waals surface area contributed by atoms with E-state index < -0.39 is 18.1 Å². The predicted molar refractivity (Wildman–Crippen MR) is 217 cm³/mol. The second kappa shape index (κ2) is 12.9. The number of hydrogen-bond acceptors (Lipinski definition) is 4. The maximum atomic E-state index is 8.80. The Morgan fingerprint density at radius 2 is 0.981 bits per heavy atom. The summed E-state index contributed by atoms with van der Waals surface area (Å²) in [6, 6.07) is 50.1. The molecule has 0 aliphatic rings. The first kappa shape index (κ1) is 25.7. The molecule has 8 aromatic carbocycles. The highest BCUT2D eigenvalue weighted by Gasteiger charge is 2.19. The number of rotatable bonds is 6. The van der Waals surface area contributed by atoms with E-state index in [9.17, 15) is 0 Å². The lowest BCUT2D eigenvalue weighted by Gasteiger charge is -2.14. The molecule has 0 saturated carbocycles. The summed E-state index contributed by atoms with van der Waals surface area (Å²) in [7, 11) is 0. The first-order valence-electron chi connectivity index (χ1n) is 19.9. The number of benzene rings is 8. The average Bonchev–Trinajstić information content (AvgIpc) is 3.67. The molecule has 0 spiro atoms. The van der Waals surface area contributed by atoms with Gasteiger partial charge in [-0.15, -0.1) is 0 Å². The van der Waals surface area contributed by atoms with E-state index >= 15 is 0 Å². The second-order valence-electron chi connectivity index (χ2n) is 12.8. The van der Waals surface area contributed by atoms with Crippen molar-refractivity contribution in [2.45, 2.75) is 0 Å². The van der Waals surface area contributed by atoms with Crippen LogP contribution in [0.25, 0.3) is 100 Å². The number of hydrogen-bond donors (Lipinski definition) is 0. The summed E-state index contributed by atoms with van der Waals surface area (Å²) in [5.41, 5.74) is 8.04. The zero-order valence-electron chi connectivity index (χ0n) is 33.3. The topological polar surface area (TPSA) is 51.8 Å². The normalized spacial score (nSPS) is 12.7. The summed E-state index contributed by atoms with van der Waals surface area (Å²) in [6.07, 6.45) is 0. The number of aromatic nitrogens is 3. The fraction of sp³-hybridized carbons (Fsp3) is 0. The molecule has 0 radical (unpaired) electrons. The van der Waals surface area contributed by atoms with E-state index in [-0.39, 0.29) is 17.6 Å². The zero-order valence-corrected chi connectivity index (χ0v) is 28.3. The van der Waals surface area contributed by atoms with Gasteiger partial charge in [-0.2, -0.15) is 0 Å². The third kappa shape index (κ3) is 5.54. The second-order valence-corrected chi connectivity index (χ2v) is 12.8. The average molecular weight is 683 g/mol. The van der Waals surface area contributed by atoms with E-state index in [4.69, 9.17) is 26.2 Å². The van der Waals surface area contributed by atoms with E-state index in [1.165, 1.54) is 10.8 Å². The molecular weight excluding hydrogens is 647 g/mol. The molecule has 0 aliphatic carbocycles. The van der Waals surface area contributed by atoms with Crippen LogP contribution in [0.15, 0.2) is 192 Å². The van der Waals surface area contributed by atoms with Gasteiger partial charge in [-0.05, 0) is 62.4 Å². The summed E-state index contributed by atoms with van der Waals surface area (Å²) >= 11 is 0. The molecule has 10 aromatic rings. The summed E-state index contributed by atoms with van der Waals surface area (Å²) < 4.78 is 48.9. The van der Waals surface area contributed by atoms with Crippen molar-refractivity contribution >= 4 is 32.7 Å². The smallest absolute Gasteiger partial charge is 0.164 e. The zero-order chi connectivity index (χ0) is 39.5. The van der Waals surface area contributed by atoms with E-state index in [1.54, 1.807) is 6.07 Å². The molecule has 0 saturated heterocycles. The van der Waals surface area contributed by atoms with Crippen LogP contribution in [0, 0.1) is 0 Å². The lowest BCUT2D eigenvalue weighted by atomic mass is 9.92. The van der Waals surface area contributed by atoms with Gasteiger partial charge in [0, 0.05) is 27.5 Å². The van der Waals surface area contributed by atoms with Crippen molar-refractivity contribution < 1.29 is 11.3 Å². The quantitative estimate of drug-likeness (QED) is 0.175. The lowest BCUT2D eigenvalue weighted by Crippen LogP contribution is -2.01. The lowest BCUT2D eigenvalue weighted by molar-refractivity contribution is 0.669. The van der Waals surface area contributed by atoms with Gasteiger partial charge in [-0.1, -0.05) is 170 Å². The fourth-order valence-electron chi connectivity index (χ4n) is 7.13. The SMILES string of the molecule is [2H]c1c([2H])c([2H])c(-c2ccc(-c3nc(-c4ccc(-c5cccc6ccccc56)cc4)nc(-c4cccc5oc6ccccc6c45)n3)cc2-c2ccccc2)c([2H])c1[2H]. The van der Waals surface area contributed by atoms with Gasteiger partial charge in [-0.25, -0.2) is 15.0 Å². The van der Waals surface area contributed by atoms with Crippen molar-refractivity contribution in [1.82, 2.24) is 15.0 Å². The Labute approximate surface area is 313 Å². The molecule has 0 N–H and O–H groups in total. The Bertz CT molecular complexity index is 3200. The number of nitrogens with zero attached hydrogens (tertiary/aromatic N) is 3. The molecule has 0 amide bonds. The van der Waals surface area contributed by atoms with Crippen molar-refractivity contribution in [3.05, 3.63) is 188 Å². The van der Waals surface area contributed by atoms with Crippen LogP contribution in [0.5, 0.6) is 0 Å². The summed E-state index contributed by atoms with van der Waals surface area (Å²) in [5, 5.41) is 4.19. The van der Waals surface area contributed by atoms with Gasteiger partial charge in [0.15, 0.2) is 17.5 Å². The first-order chi connectivity index (χ1) is 28.3. The molecule has 10 rings (SSSR count). The maximum absolute atomic E-state index is 8.80. The minimum atomic E-state index is -0.438. The molecule has 0 aliphatic heterocycles. The van der Waals surface area contributed by atoms with Crippen LogP contribution in [0.4, 0.5) is 0 Å². The maximum Gasteiger partial charge on any atom is 0.164 e. The first-order valence-corrected chi connectivity index (χ1v) is 17.4. The largest absolute Gasteiger partial charge is 0.456 e. The Morgan fingerprint density at radius 1 is 0.377 bits per heavy atom. The van der Waals surface area contributed by atoms with Crippen LogP contribution in [0.2, 0.25) is 0 Å². The highest BCUT2D eigenvalue weighted by Crippen LogP contribution is 2.39. The van der Waals surface area contributed by atoms with Crippen molar-refractivity contribution in [2.24, 2.45) is 0 Å². The predicted octanol–water partition coefficient (Wildman–Crippen LogP) is 12.9. The van der Waals surface area contributed by atoms with Crippen LogP contribution < -0.4 is 0 Å². The van der Waals surface area contributed by atoms with Gasteiger partial charge >= 0.3 is 0 Å². The van der Waals surface area contributed by atoms with E-state index in [0.717, 1.165) is 49.8 Å². The van der Waals surface area contributed by atoms with Gasteiger partial charge in [0.05, 0.1) is 6.85 Å². The number of fused-ring (bicyclic) bond motifs is 4. The standard InChI is InChI=1S/C49H31N3O/c1-3-13-32(14-4-1)40-30-29-37(31-43(40)34-15-5-2-6-16-34)48-50-47(36-27-25-35(26-28-36)39-21-11-18-33-17-7-8-19-38(33)39)51-49(52-48)42-22-12-24-45-46(42)41-20-9-10-23-44(41)53-45/h1-31H/i1D,3D,4D,13D,14D. The number of para-hydroxylation sites is 1.